The van der Waals surface area contributed by atoms with Gasteiger partial charge in [-0.15, -0.1) is 11.6 Å². The minimum Gasteiger partial charge on any atom is -0.494 e. The number of rotatable bonds is 6. The van der Waals surface area contributed by atoms with Crippen LogP contribution in [0.3, 0.4) is 0 Å². The lowest BCUT2D eigenvalue weighted by molar-refractivity contribution is 0.317. The smallest absolute Gasteiger partial charge is 0.119 e. The molecule has 0 radical (unpaired) electrons. The molecule has 2 rings (SSSR count). The van der Waals surface area contributed by atoms with E-state index in [1.165, 1.54) is 5.56 Å². The van der Waals surface area contributed by atoms with Crippen LogP contribution in [0.25, 0.3) is 0 Å². The molecule has 20 heavy (non-hydrogen) atoms. The number of ether oxygens (including phenoxy) is 1. The highest BCUT2D eigenvalue weighted by Gasteiger charge is 2.10. The fourth-order valence-corrected chi connectivity index (χ4v) is 2.77. The van der Waals surface area contributed by atoms with Crippen LogP contribution in [-0.2, 0) is 6.42 Å². The third-order valence-electron chi connectivity index (χ3n) is 3.00. The van der Waals surface area contributed by atoms with Crippen molar-refractivity contribution in [1.82, 2.24) is 0 Å². The summed E-state index contributed by atoms with van der Waals surface area (Å²) in [7, 11) is 0. The SMILES string of the molecule is CCCOc1cccc(C(Cl)Cc2cccc(Br)c2)c1. The van der Waals surface area contributed by atoms with Gasteiger partial charge >= 0.3 is 0 Å². The van der Waals surface area contributed by atoms with Crippen LogP contribution in [0.2, 0.25) is 0 Å². The van der Waals surface area contributed by atoms with Crippen molar-refractivity contribution in [3.05, 3.63) is 64.1 Å². The highest BCUT2D eigenvalue weighted by Crippen LogP contribution is 2.28. The number of alkyl halides is 1. The summed E-state index contributed by atoms with van der Waals surface area (Å²) in [4.78, 5) is 0. The summed E-state index contributed by atoms with van der Waals surface area (Å²) in [5, 5.41) is -0.0468. The molecular formula is C17H18BrClO. The first-order valence-corrected chi connectivity index (χ1v) is 8.03. The standard InChI is InChI=1S/C17H18BrClO/c1-2-9-20-16-8-4-6-14(12-16)17(19)11-13-5-3-7-15(18)10-13/h3-8,10,12,17H,2,9,11H2,1H3. The minimum atomic E-state index is -0.0468. The average Bonchev–Trinajstić information content (AvgIpc) is 2.45. The van der Waals surface area contributed by atoms with Crippen LogP contribution in [0.5, 0.6) is 5.75 Å². The number of hydrogen-bond donors (Lipinski definition) is 0. The van der Waals surface area contributed by atoms with E-state index < -0.39 is 0 Å². The second-order valence-electron chi connectivity index (χ2n) is 4.72. The molecule has 0 heterocycles. The molecule has 0 aliphatic rings. The molecule has 1 atom stereocenters. The van der Waals surface area contributed by atoms with Crippen molar-refractivity contribution in [1.29, 1.82) is 0 Å². The van der Waals surface area contributed by atoms with Crippen LogP contribution >= 0.6 is 27.5 Å². The molecule has 3 heteroatoms. The zero-order valence-electron chi connectivity index (χ0n) is 11.5. The fraction of sp³-hybridized carbons (Fsp3) is 0.294. The van der Waals surface area contributed by atoms with E-state index in [-0.39, 0.29) is 5.38 Å². The normalized spacial score (nSPS) is 12.2. The molecule has 0 aliphatic carbocycles. The first-order chi connectivity index (χ1) is 9.69. The van der Waals surface area contributed by atoms with E-state index >= 15 is 0 Å². The topological polar surface area (TPSA) is 9.23 Å². The Morgan fingerprint density at radius 3 is 2.70 bits per heavy atom. The lowest BCUT2D eigenvalue weighted by Gasteiger charge is -2.12. The van der Waals surface area contributed by atoms with Crippen molar-refractivity contribution in [3.63, 3.8) is 0 Å². The summed E-state index contributed by atoms with van der Waals surface area (Å²) in [6.07, 6.45) is 1.81. The average molecular weight is 354 g/mol. The van der Waals surface area contributed by atoms with Gasteiger partial charge in [0.1, 0.15) is 5.75 Å². The van der Waals surface area contributed by atoms with E-state index in [0.717, 1.165) is 35.2 Å². The van der Waals surface area contributed by atoms with Gasteiger partial charge < -0.3 is 4.74 Å². The molecule has 0 spiro atoms. The summed E-state index contributed by atoms with van der Waals surface area (Å²) in [5.74, 6) is 0.893. The molecule has 2 aromatic rings. The molecule has 0 saturated carbocycles. The van der Waals surface area contributed by atoms with E-state index in [9.17, 15) is 0 Å². The highest BCUT2D eigenvalue weighted by atomic mass is 79.9. The maximum atomic E-state index is 6.53. The van der Waals surface area contributed by atoms with Gasteiger partial charge in [0.05, 0.1) is 12.0 Å². The van der Waals surface area contributed by atoms with Crippen molar-refractivity contribution < 1.29 is 4.74 Å². The van der Waals surface area contributed by atoms with Crippen molar-refractivity contribution in [2.45, 2.75) is 25.1 Å². The van der Waals surface area contributed by atoms with Crippen LogP contribution in [0.1, 0.15) is 29.8 Å². The molecule has 0 bridgehead atoms. The number of benzene rings is 2. The molecule has 2 aromatic carbocycles. The zero-order valence-corrected chi connectivity index (χ0v) is 13.8. The van der Waals surface area contributed by atoms with Gasteiger partial charge in [-0.25, -0.2) is 0 Å². The Morgan fingerprint density at radius 2 is 1.95 bits per heavy atom. The predicted octanol–water partition coefficient (Wildman–Crippen LogP) is 5.76. The molecule has 1 unspecified atom stereocenters. The van der Waals surface area contributed by atoms with Crippen molar-refractivity contribution in [3.8, 4) is 5.75 Å². The minimum absolute atomic E-state index is 0.0468. The Morgan fingerprint density at radius 1 is 1.15 bits per heavy atom. The number of hydrogen-bond acceptors (Lipinski definition) is 1. The molecule has 0 fully saturated rings. The molecule has 0 aromatic heterocycles. The monoisotopic (exact) mass is 352 g/mol. The van der Waals surface area contributed by atoms with Crippen molar-refractivity contribution in [2.24, 2.45) is 0 Å². The highest BCUT2D eigenvalue weighted by molar-refractivity contribution is 9.10. The van der Waals surface area contributed by atoms with Gasteiger partial charge in [0.2, 0.25) is 0 Å². The maximum absolute atomic E-state index is 6.53. The Balaban J connectivity index is 2.06. The molecule has 0 aliphatic heterocycles. The number of halogens is 2. The van der Waals surface area contributed by atoms with Crippen molar-refractivity contribution in [2.75, 3.05) is 6.61 Å². The van der Waals surface area contributed by atoms with E-state index in [0.29, 0.717) is 0 Å². The van der Waals surface area contributed by atoms with Gasteiger partial charge in [-0.3, -0.25) is 0 Å². The first-order valence-electron chi connectivity index (χ1n) is 6.80. The van der Waals surface area contributed by atoms with E-state index in [1.807, 2.05) is 30.3 Å². The lowest BCUT2D eigenvalue weighted by atomic mass is 10.0. The van der Waals surface area contributed by atoms with Crippen LogP contribution in [0, 0.1) is 0 Å². The predicted molar refractivity (Wildman–Crippen MR) is 88.7 cm³/mol. The van der Waals surface area contributed by atoms with Gasteiger partial charge in [-0.2, -0.15) is 0 Å². The third kappa shape index (κ3) is 4.53. The Labute approximate surface area is 134 Å². The molecule has 0 amide bonds. The zero-order chi connectivity index (χ0) is 14.4. The quantitative estimate of drug-likeness (QED) is 0.600. The largest absolute Gasteiger partial charge is 0.494 e. The van der Waals surface area contributed by atoms with E-state index in [1.54, 1.807) is 0 Å². The summed E-state index contributed by atoms with van der Waals surface area (Å²) in [6.45, 7) is 2.84. The summed E-state index contributed by atoms with van der Waals surface area (Å²) < 4.78 is 6.73. The summed E-state index contributed by atoms with van der Waals surface area (Å²) in [5.41, 5.74) is 2.32. The van der Waals surface area contributed by atoms with Gasteiger partial charge in [-0.1, -0.05) is 47.1 Å². The van der Waals surface area contributed by atoms with Crippen LogP contribution < -0.4 is 4.74 Å². The molecule has 0 N–H and O–H groups in total. The fourth-order valence-electron chi connectivity index (χ4n) is 2.01. The maximum Gasteiger partial charge on any atom is 0.119 e. The molecule has 0 saturated heterocycles. The van der Waals surface area contributed by atoms with Gasteiger partial charge in [-0.05, 0) is 48.2 Å². The van der Waals surface area contributed by atoms with E-state index in [4.69, 9.17) is 16.3 Å². The van der Waals surface area contributed by atoms with Crippen LogP contribution in [0.15, 0.2) is 53.0 Å². The second kappa shape index (κ2) is 7.70. The van der Waals surface area contributed by atoms with Gasteiger partial charge in [0.15, 0.2) is 0 Å². The van der Waals surface area contributed by atoms with E-state index in [2.05, 4.69) is 41.1 Å². The molecular weight excluding hydrogens is 336 g/mol. The summed E-state index contributed by atoms with van der Waals surface area (Å²) >= 11 is 10.0. The third-order valence-corrected chi connectivity index (χ3v) is 3.90. The molecule has 106 valence electrons. The van der Waals surface area contributed by atoms with Gasteiger partial charge in [0, 0.05) is 4.47 Å². The van der Waals surface area contributed by atoms with Crippen LogP contribution in [0.4, 0.5) is 0 Å². The van der Waals surface area contributed by atoms with Crippen molar-refractivity contribution >= 4 is 27.5 Å². The van der Waals surface area contributed by atoms with Gasteiger partial charge in [0.25, 0.3) is 0 Å². The Kier molecular flexibility index (Phi) is 5.93. The Bertz CT molecular complexity index is 556. The Hall–Kier alpha value is -0.990. The summed E-state index contributed by atoms with van der Waals surface area (Å²) in [6, 6.07) is 16.3. The molecule has 1 nitrogen and oxygen atoms in total. The van der Waals surface area contributed by atoms with Crippen LogP contribution in [-0.4, -0.2) is 6.61 Å². The first kappa shape index (κ1) is 15.4. The lowest BCUT2D eigenvalue weighted by Crippen LogP contribution is -1.99. The second-order valence-corrected chi connectivity index (χ2v) is 6.17.